The molecular formula is C21H26N2O2. The minimum atomic E-state index is -0.0143. The van der Waals surface area contributed by atoms with Crippen LogP contribution in [0.4, 0.5) is 0 Å². The number of morpholine rings is 1. The number of rotatable bonds is 6. The van der Waals surface area contributed by atoms with Crippen LogP contribution in [-0.2, 0) is 11.3 Å². The fraction of sp³-hybridized carbons (Fsp3) is 0.381. The summed E-state index contributed by atoms with van der Waals surface area (Å²) in [6.07, 6.45) is 0.864. The molecular weight excluding hydrogens is 312 g/mol. The summed E-state index contributed by atoms with van der Waals surface area (Å²) in [7, 11) is 0. The zero-order valence-electron chi connectivity index (χ0n) is 14.8. The molecule has 132 valence electrons. The van der Waals surface area contributed by atoms with Gasteiger partial charge in [0.2, 0.25) is 0 Å². The van der Waals surface area contributed by atoms with Gasteiger partial charge in [0.1, 0.15) is 0 Å². The summed E-state index contributed by atoms with van der Waals surface area (Å²) in [5.41, 5.74) is 3.03. The molecule has 3 rings (SSSR count). The van der Waals surface area contributed by atoms with Crippen LogP contribution >= 0.6 is 0 Å². The van der Waals surface area contributed by atoms with Crippen LogP contribution in [0.3, 0.4) is 0 Å². The highest BCUT2D eigenvalue weighted by Gasteiger charge is 2.15. The van der Waals surface area contributed by atoms with Crippen LogP contribution in [0.5, 0.6) is 0 Å². The maximum Gasteiger partial charge on any atom is 0.251 e. The molecule has 1 heterocycles. The average Bonchev–Trinajstić information content (AvgIpc) is 2.67. The van der Waals surface area contributed by atoms with E-state index in [4.69, 9.17) is 4.74 Å². The van der Waals surface area contributed by atoms with Crippen molar-refractivity contribution in [3.05, 3.63) is 71.3 Å². The fourth-order valence-corrected chi connectivity index (χ4v) is 3.18. The minimum Gasteiger partial charge on any atom is -0.379 e. The molecule has 0 aromatic heterocycles. The number of nitrogens with zero attached hydrogens (tertiary/aromatic N) is 1. The van der Waals surface area contributed by atoms with E-state index in [1.54, 1.807) is 0 Å². The quantitative estimate of drug-likeness (QED) is 0.878. The van der Waals surface area contributed by atoms with Crippen molar-refractivity contribution in [3.63, 3.8) is 0 Å². The second-order valence-electron chi connectivity index (χ2n) is 6.43. The van der Waals surface area contributed by atoms with Crippen molar-refractivity contribution >= 4 is 5.91 Å². The lowest BCUT2D eigenvalue weighted by Crippen LogP contribution is -2.35. The molecule has 1 saturated heterocycles. The van der Waals surface area contributed by atoms with Gasteiger partial charge in [-0.15, -0.1) is 0 Å². The van der Waals surface area contributed by atoms with E-state index in [2.05, 4.69) is 35.3 Å². The van der Waals surface area contributed by atoms with E-state index in [-0.39, 0.29) is 11.9 Å². The molecule has 1 N–H and O–H groups in total. The van der Waals surface area contributed by atoms with E-state index in [0.29, 0.717) is 0 Å². The average molecular weight is 338 g/mol. The Morgan fingerprint density at radius 3 is 2.60 bits per heavy atom. The monoisotopic (exact) mass is 338 g/mol. The topological polar surface area (TPSA) is 41.6 Å². The lowest BCUT2D eigenvalue weighted by atomic mass is 10.0. The third-order valence-corrected chi connectivity index (χ3v) is 4.61. The molecule has 4 heteroatoms. The SMILES string of the molecule is CCC(NC(=O)c1cccc(CN2CCOCC2)c1)c1ccccc1. The van der Waals surface area contributed by atoms with Gasteiger partial charge >= 0.3 is 0 Å². The Morgan fingerprint density at radius 1 is 1.12 bits per heavy atom. The first kappa shape index (κ1) is 17.6. The third-order valence-electron chi connectivity index (χ3n) is 4.61. The molecule has 2 aromatic carbocycles. The van der Waals surface area contributed by atoms with Gasteiger partial charge in [0.15, 0.2) is 0 Å². The molecule has 1 unspecified atom stereocenters. The van der Waals surface area contributed by atoms with Gasteiger partial charge in [-0.05, 0) is 29.7 Å². The molecule has 1 aliphatic rings. The second-order valence-corrected chi connectivity index (χ2v) is 6.43. The van der Waals surface area contributed by atoms with Crippen molar-refractivity contribution in [1.29, 1.82) is 0 Å². The molecule has 1 aliphatic heterocycles. The number of carbonyl (C=O) groups excluding carboxylic acids is 1. The van der Waals surface area contributed by atoms with Crippen LogP contribution in [-0.4, -0.2) is 37.1 Å². The summed E-state index contributed by atoms with van der Waals surface area (Å²) >= 11 is 0. The van der Waals surface area contributed by atoms with Crippen molar-refractivity contribution in [2.45, 2.75) is 25.9 Å². The van der Waals surface area contributed by atoms with Crippen molar-refractivity contribution in [2.24, 2.45) is 0 Å². The highest BCUT2D eigenvalue weighted by molar-refractivity contribution is 5.94. The predicted molar refractivity (Wildman–Crippen MR) is 99.5 cm³/mol. The Hall–Kier alpha value is -2.17. The summed E-state index contributed by atoms with van der Waals surface area (Å²) in [5.74, 6) is -0.0143. The maximum atomic E-state index is 12.7. The first-order valence-corrected chi connectivity index (χ1v) is 9.01. The number of benzene rings is 2. The van der Waals surface area contributed by atoms with E-state index in [9.17, 15) is 4.79 Å². The van der Waals surface area contributed by atoms with Crippen LogP contribution in [0.1, 0.15) is 40.9 Å². The van der Waals surface area contributed by atoms with Crippen LogP contribution in [0.25, 0.3) is 0 Å². The maximum absolute atomic E-state index is 12.7. The van der Waals surface area contributed by atoms with Gasteiger partial charge in [0.25, 0.3) is 5.91 Å². The summed E-state index contributed by atoms with van der Waals surface area (Å²) < 4.78 is 5.39. The van der Waals surface area contributed by atoms with Crippen molar-refractivity contribution in [2.75, 3.05) is 26.3 Å². The molecule has 0 bridgehead atoms. The minimum absolute atomic E-state index is 0.0143. The first-order valence-electron chi connectivity index (χ1n) is 9.01. The highest BCUT2D eigenvalue weighted by atomic mass is 16.5. The molecule has 25 heavy (non-hydrogen) atoms. The van der Waals surface area contributed by atoms with Crippen LogP contribution < -0.4 is 5.32 Å². The largest absolute Gasteiger partial charge is 0.379 e. The van der Waals surface area contributed by atoms with Gasteiger partial charge in [-0.1, -0.05) is 49.4 Å². The molecule has 1 atom stereocenters. The van der Waals surface area contributed by atoms with E-state index in [1.807, 2.05) is 36.4 Å². The number of amides is 1. The predicted octanol–water partition coefficient (Wildman–Crippen LogP) is 3.40. The van der Waals surface area contributed by atoms with E-state index >= 15 is 0 Å². The Kier molecular flexibility index (Phi) is 6.20. The summed E-state index contributed by atoms with van der Waals surface area (Å²) in [6.45, 7) is 6.42. The van der Waals surface area contributed by atoms with Gasteiger partial charge < -0.3 is 10.1 Å². The van der Waals surface area contributed by atoms with Crippen molar-refractivity contribution in [1.82, 2.24) is 10.2 Å². The lowest BCUT2D eigenvalue weighted by Gasteiger charge is -2.26. The third kappa shape index (κ3) is 4.91. The summed E-state index contributed by atoms with van der Waals surface area (Å²) in [5, 5.41) is 3.16. The van der Waals surface area contributed by atoms with Crippen LogP contribution in [0.2, 0.25) is 0 Å². The zero-order valence-corrected chi connectivity index (χ0v) is 14.8. The Labute approximate surface area is 149 Å². The van der Waals surface area contributed by atoms with Gasteiger partial charge in [0, 0.05) is 25.2 Å². The van der Waals surface area contributed by atoms with Gasteiger partial charge in [-0.25, -0.2) is 0 Å². The number of hydrogen-bond donors (Lipinski definition) is 1. The van der Waals surface area contributed by atoms with E-state index in [0.717, 1.165) is 50.4 Å². The highest BCUT2D eigenvalue weighted by Crippen LogP contribution is 2.17. The molecule has 0 spiro atoms. The molecule has 0 saturated carbocycles. The molecule has 0 radical (unpaired) electrons. The Balaban J connectivity index is 1.66. The molecule has 1 amide bonds. The smallest absolute Gasteiger partial charge is 0.251 e. The number of nitrogens with one attached hydrogen (secondary N) is 1. The molecule has 0 aliphatic carbocycles. The summed E-state index contributed by atoms with van der Waals surface area (Å²) in [6, 6.07) is 18.1. The molecule has 2 aromatic rings. The molecule has 4 nitrogen and oxygen atoms in total. The normalized spacial score (nSPS) is 16.4. The Bertz CT molecular complexity index is 681. The first-order chi connectivity index (χ1) is 12.3. The van der Waals surface area contributed by atoms with E-state index in [1.165, 1.54) is 5.56 Å². The van der Waals surface area contributed by atoms with Gasteiger partial charge in [0.05, 0.1) is 19.3 Å². The number of carbonyl (C=O) groups is 1. The van der Waals surface area contributed by atoms with Gasteiger partial charge in [-0.3, -0.25) is 9.69 Å². The lowest BCUT2D eigenvalue weighted by molar-refractivity contribution is 0.0342. The van der Waals surface area contributed by atoms with Crippen LogP contribution in [0.15, 0.2) is 54.6 Å². The second kappa shape index (κ2) is 8.79. The summed E-state index contributed by atoms with van der Waals surface area (Å²) in [4.78, 5) is 15.0. The zero-order chi connectivity index (χ0) is 17.5. The number of hydrogen-bond acceptors (Lipinski definition) is 3. The van der Waals surface area contributed by atoms with Crippen molar-refractivity contribution in [3.8, 4) is 0 Å². The van der Waals surface area contributed by atoms with Gasteiger partial charge in [-0.2, -0.15) is 0 Å². The van der Waals surface area contributed by atoms with Crippen molar-refractivity contribution < 1.29 is 9.53 Å². The number of ether oxygens (including phenoxy) is 1. The van der Waals surface area contributed by atoms with E-state index < -0.39 is 0 Å². The Morgan fingerprint density at radius 2 is 1.88 bits per heavy atom. The van der Waals surface area contributed by atoms with Crippen LogP contribution in [0, 0.1) is 0 Å². The fourth-order valence-electron chi connectivity index (χ4n) is 3.18. The molecule has 1 fully saturated rings. The standard InChI is InChI=1S/C21H26N2O2/c1-2-20(18-8-4-3-5-9-18)22-21(24)19-10-6-7-17(15-19)16-23-11-13-25-14-12-23/h3-10,15,20H,2,11-14,16H2,1H3,(H,22,24).